The van der Waals surface area contributed by atoms with Gasteiger partial charge in [-0.1, -0.05) is 49.1 Å². The van der Waals surface area contributed by atoms with Crippen molar-refractivity contribution in [1.29, 1.82) is 0 Å². The number of rotatable bonds is 11. The number of hydrogen-bond acceptors (Lipinski definition) is 4. The summed E-state index contributed by atoms with van der Waals surface area (Å²) in [6, 6.07) is 15.3. The van der Waals surface area contributed by atoms with Crippen LogP contribution in [0.3, 0.4) is 0 Å². The predicted octanol–water partition coefficient (Wildman–Crippen LogP) is 7.14. The molecule has 3 N–H and O–H groups in total. The molecule has 0 fully saturated rings. The molecule has 0 bridgehead atoms. The molecule has 0 radical (unpaired) electrons. The van der Waals surface area contributed by atoms with Gasteiger partial charge in [0, 0.05) is 21.3 Å². The van der Waals surface area contributed by atoms with Crippen LogP contribution >= 0.6 is 22.6 Å². The average molecular weight is 597 g/mol. The Hall–Kier alpha value is -3.20. The van der Waals surface area contributed by atoms with Crippen molar-refractivity contribution < 1.29 is 14.7 Å². The first kappa shape index (κ1) is 27.4. The third-order valence-electron chi connectivity index (χ3n) is 6.00. The molecule has 2 atom stereocenters. The molecule has 36 heavy (non-hydrogen) atoms. The summed E-state index contributed by atoms with van der Waals surface area (Å²) in [7, 11) is 0. The van der Waals surface area contributed by atoms with E-state index in [4.69, 9.17) is 10.1 Å². The molecule has 1 unspecified atom stereocenters. The van der Waals surface area contributed by atoms with E-state index in [1.54, 1.807) is 12.1 Å². The number of amides is 1. The summed E-state index contributed by atoms with van der Waals surface area (Å²) in [5, 5.41) is 15.6. The van der Waals surface area contributed by atoms with Gasteiger partial charge in [-0.3, -0.25) is 14.6 Å². The van der Waals surface area contributed by atoms with Crippen LogP contribution in [-0.4, -0.2) is 28.7 Å². The molecule has 2 aromatic rings. The molecular formula is C29H32IN3O3. The minimum atomic E-state index is -0.788. The normalized spacial score (nSPS) is 16.0. The highest BCUT2D eigenvalue weighted by molar-refractivity contribution is 14.1. The fraction of sp³-hybridized carbons (Fsp3) is 0.276. The predicted molar refractivity (Wildman–Crippen MR) is 155 cm³/mol. The molecule has 0 saturated heterocycles. The second kappa shape index (κ2) is 13.2. The van der Waals surface area contributed by atoms with Gasteiger partial charge in [-0.25, -0.2) is 0 Å². The van der Waals surface area contributed by atoms with Crippen LogP contribution in [0.4, 0.5) is 11.4 Å². The molecule has 0 saturated carbocycles. The lowest BCUT2D eigenvalue weighted by Gasteiger charge is -2.28. The minimum Gasteiger partial charge on any atom is -0.481 e. The fourth-order valence-electron chi connectivity index (χ4n) is 4.09. The van der Waals surface area contributed by atoms with Gasteiger partial charge < -0.3 is 15.7 Å². The van der Waals surface area contributed by atoms with Gasteiger partial charge in [-0.15, -0.1) is 0 Å². The summed E-state index contributed by atoms with van der Waals surface area (Å²) in [4.78, 5) is 28.9. The molecule has 1 heterocycles. The summed E-state index contributed by atoms with van der Waals surface area (Å²) in [5.74, 6) is -0.959. The van der Waals surface area contributed by atoms with Gasteiger partial charge in [0.05, 0.1) is 23.5 Å². The number of carbonyl (C=O) groups is 2. The van der Waals surface area contributed by atoms with Crippen molar-refractivity contribution in [2.24, 2.45) is 4.99 Å². The lowest BCUT2D eigenvalue weighted by atomic mass is 9.95. The van der Waals surface area contributed by atoms with E-state index >= 15 is 0 Å². The van der Waals surface area contributed by atoms with Gasteiger partial charge in [-0.05, 0) is 91.1 Å². The SMILES string of the molecule is C=C(I)/C=C\C(=C/C)[C@@H](C)NC(=O)c1ccc2c(c1)N=C(CCCCC(=O)O)C(c1ccccc1)N2. The van der Waals surface area contributed by atoms with Crippen LogP contribution in [0.2, 0.25) is 0 Å². The third-order valence-corrected chi connectivity index (χ3v) is 6.36. The van der Waals surface area contributed by atoms with Crippen LogP contribution in [0.1, 0.15) is 61.5 Å². The number of unbranched alkanes of at least 4 members (excludes halogenated alkanes) is 1. The number of aliphatic carboxylic acids is 1. The van der Waals surface area contributed by atoms with Gasteiger partial charge in [0.25, 0.3) is 5.91 Å². The smallest absolute Gasteiger partial charge is 0.303 e. The maximum Gasteiger partial charge on any atom is 0.303 e. The summed E-state index contributed by atoms with van der Waals surface area (Å²) in [6.07, 6.45) is 7.99. The average Bonchev–Trinajstić information content (AvgIpc) is 2.86. The van der Waals surface area contributed by atoms with Crippen LogP contribution < -0.4 is 10.6 Å². The Balaban J connectivity index is 1.81. The monoisotopic (exact) mass is 597 g/mol. The first-order valence-electron chi connectivity index (χ1n) is 12.0. The number of allylic oxidation sites excluding steroid dienone is 3. The van der Waals surface area contributed by atoms with E-state index in [0.29, 0.717) is 24.1 Å². The van der Waals surface area contributed by atoms with Gasteiger partial charge in [-0.2, -0.15) is 0 Å². The molecule has 1 aliphatic rings. The lowest BCUT2D eigenvalue weighted by molar-refractivity contribution is -0.137. The Labute approximate surface area is 226 Å². The number of benzene rings is 2. The van der Waals surface area contributed by atoms with E-state index in [0.717, 1.165) is 32.5 Å². The van der Waals surface area contributed by atoms with Gasteiger partial charge >= 0.3 is 5.97 Å². The number of nitrogens with one attached hydrogen (secondary N) is 2. The van der Waals surface area contributed by atoms with Crippen molar-refractivity contribution in [3.05, 3.63) is 93.6 Å². The van der Waals surface area contributed by atoms with Crippen molar-refractivity contribution >= 4 is 51.6 Å². The van der Waals surface area contributed by atoms with Gasteiger partial charge in [0.1, 0.15) is 0 Å². The molecule has 0 aromatic heterocycles. The highest BCUT2D eigenvalue weighted by atomic mass is 127. The minimum absolute atomic E-state index is 0.0973. The summed E-state index contributed by atoms with van der Waals surface area (Å²) in [6.45, 7) is 7.77. The van der Waals surface area contributed by atoms with Crippen molar-refractivity contribution in [2.75, 3.05) is 5.32 Å². The van der Waals surface area contributed by atoms with Gasteiger partial charge in [0.2, 0.25) is 0 Å². The van der Waals surface area contributed by atoms with Crippen molar-refractivity contribution in [1.82, 2.24) is 5.32 Å². The highest BCUT2D eigenvalue weighted by Crippen LogP contribution is 2.37. The number of aliphatic imine (C=N–C) groups is 1. The van der Waals surface area contributed by atoms with Crippen LogP contribution in [-0.2, 0) is 4.79 Å². The van der Waals surface area contributed by atoms with Crippen LogP contribution in [0.5, 0.6) is 0 Å². The number of carboxylic acid groups (broad SMARTS) is 1. The Morgan fingerprint density at radius 1 is 1.19 bits per heavy atom. The number of carboxylic acids is 1. The number of fused-ring (bicyclic) bond motifs is 1. The van der Waals surface area contributed by atoms with Crippen LogP contribution in [0.15, 0.2) is 87.5 Å². The zero-order valence-corrected chi connectivity index (χ0v) is 22.8. The molecular weight excluding hydrogens is 565 g/mol. The maximum absolute atomic E-state index is 13.0. The number of carbonyl (C=O) groups excluding carboxylic acids is 1. The zero-order valence-electron chi connectivity index (χ0n) is 20.6. The number of anilines is 1. The first-order valence-corrected chi connectivity index (χ1v) is 13.1. The van der Waals surface area contributed by atoms with Gasteiger partial charge in [0.15, 0.2) is 0 Å². The highest BCUT2D eigenvalue weighted by Gasteiger charge is 2.24. The molecule has 0 aliphatic carbocycles. The van der Waals surface area contributed by atoms with E-state index in [-0.39, 0.29) is 24.4 Å². The molecule has 6 nitrogen and oxygen atoms in total. The molecule has 2 aromatic carbocycles. The number of halogens is 1. The molecule has 7 heteroatoms. The van der Waals surface area contributed by atoms with Crippen molar-refractivity contribution in [3.8, 4) is 0 Å². The molecule has 188 valence electrons. The Bertz CT molecular complexity index is 1200. The summed E-state index contributed by atoms with van der Waals surface area (Å²) in [5.41, 5.74) is 5.13. The second-order valence-electron chi connectivity index (χ2n) is 8.69. The number of nitrogens with zero attached hydrogens (tertiary/aromatic N) is 1. The Morgan fingerprint density at radius 3 is 2.61 bits per heavy atom. The quantitative estimate of drug-likeness (QED) is 0.146. The molecule has 0 spiro atoms. The van der Waals surface area contributed by atoms with E-state index in [1.165, 1.54) is 0 Å². The van der Waals surface area contributed by atoms with Crippen molar-refractivity contribution in [3.63, 3.8) is 0 Å². The third kappa shape index (κ3) is 7.65. The van der Waals surface area contributed by atoms with Crippen LogP contribution in [0, 0.1) is 0 Å². The molecule has 3 rings (SSSR count). The van der Waals surface area contributed by atoms with E-state index in [2.05, 4.69) is 51.9 Å². The lowest BCUT2D eigenvalue weighted by Crippen LogP contribution is -2.33. The zero-order chi connectivity index (χ0) is 26.1. The first-order chi connectivity index (χ1) is 17.3. The Kier molecular flexibility index (Phi) is 10.0. The topological polar surface area (TPSA) is 90.8 Å². The second-order valence-corrected chi connectivity index (χ2v) is 10.1. The van der Waals surface area contributed by atoms with E-state index in [1.807, 2.05) is 56.3 Å². The maximum atomic E-state index is 13.0. The van der Waals surface area contributed by atoms with Crippen LogP contribution in [0.25, 0.3) is 0 Å². The largest absolute Gasteiger partial charge is 0.481 e. The Morgan fingerprint density at radius 2 is 1.94 bits per heavy atom. The molecule has 1 amide bonds. The number of hydrogen-bond donors (Lipinski definition) is 3. The van der Waals surface area contributed by atoms with Crippen molar-refractivity contribution in [2.45, 2.75) is 51.6 Å². The summed E-state index contributed by atoms with van der Waals surface area (Å²) < 4.78 is 0.915. The van der Waals surface area contributed by atoms with E-state index < -0.39 is 5.97 Å². The summed E-state index contributed by atoms with van der Waals surface area (Å²) >= 11 is 2.15. The molecule has 1 aliphatic heterocycles. The van der Waals surface area contributed by atoms with E-state index in [9.17, 15) is 9.59 Å². The standard InChI is InChI=1S/C29H32IN3O3/c1-4-21(15-14-19(2)30)20(3)31-29(36)23-16-17-24-26(18-23)32-25(12-8-9-13-27(34)35)28(33-24)22-10-6-5-7-11-22/h4-7,10-11,14-18,20,28,33H,2,8-9,12-13H2,1,3H3,(H,31,36)(H,34,35)/b15-14-,21-4+/t20-,28?/m1/s1. The fourth-order valence-corrected chi connectivity index (χ4v) is 4.27.